The Morgan fingerprint density at radius 3 is 2.78 bits per heavy atom. The third-order valence-corrected chi connectivity index (χ3v) is 5.35. The first-order valence-corrected chi connectivity index (χ1v) is 9.68. The average molecular weight is 388 g/mol. The molecule has 0 aliphatic carbocycles. The zero-order chi connectivity index (χ0) is 19.2. The Labute approximate surface area is 162 Å². The maximum atomic E-state index is 13.5. The molecule has 7 heteroatoms. The van der Waals surface area contributed by atoms with Crippen LogP contribution in [-0.2, 0) is 9.59 Å². The van der Waals surface area contributed by atoms with Gasteiger partial charge in [0.15, 0.2) is 11.6 Å². The molecule has 1 aliphatic heterocycles. The highest BCUT2D eigenvalue weighted by atomic mass is 32.2. The third-order valence-electron chi connectivity index (χ3n) is 4.30. The summed E-state index contributed by atoms with van der Waals surface area (Å²) in [5, 5.41) is 0. The molecule has 2 aromatic carbocycles. The molecule has 0 saturated carbocycles. The summed E-state index contributed by atoms with van der Waals surface area (Å²) in [5.41, 5.74) is 0.858. The van der Waals surface area contributed by atoms with Gasteiger partial charge in [-0.05, 0) is 24.3 Å². The molecule has 0 spiro atoms. The van der Waals surface area contributed by atoms with Crippen LogP contribution in [0.4, 0.5) is 10.1 Å². The van der Waals surface area contributed by atoms with Crippen LogP contribution in [0.15, 0.2) is 53.4 Å². The van der Waals surface area contributed by atoms with Crippen molar-refractivity contribution in [2.45, 2.75) is 11.3 Å². The summed E-state index contributed by atoms with van der Waals surface area (Å²) >= 11 is 1.52. The summed E-state index contributed by atoms with van der Waals surface area (Å²) in [7, 11) is 1.68. The van der Waals surface area contributed by atoms with Crippen molar-refractivity contribution in [1.82, 2.24) is 4.90 Å². The summed E-state index contributed by atoms with van der Waals surface area (Å²) in [6.45, 7) is 0.882. The number of likely N-dealkylation sites (N-methyl/N-ethyl adjacent to an activating group) is 1. The van der Waals surface area contributed by atoms with Gasteiger partial charge < -0.3 is 14.5 Å². The standard InChI is InChI=1S/C20H21FN2O3S/c1-22(12-13-26-17-8-4-2-6-15(17)21)19(24)10-11-23-16-7-3-5-9-18(16)27-14-20(23)25/h2-9H,10-14H2,1H3. The number of hydrogen-bond donors (Lipinski definition) is 0. The number of carbonyl (C=O) groups is 2. The van der Waals surface area contributed by atoms with E-state index in [0.717, 1.165) is 10.6 Å². The SMILES string of the molecule is CN(CCOc1ccccc1F)C(=O)CCN1C(=O)CSc2ccccc21. The van der Waals surface area contributed by atoms with E-state index in [1.54, 1.807) is 30.1 Å². The number of hydrogen-bond acceptors (Lipinski definition) is 4. The Morgan fingerprint density at radius 2 is 1.96 bits per heavy atom. The molecule has 0 bridgehead atoms. The van der Waals surface area contributed by atoms with Gasteiger partial charge >= 0.3 is 0 Å². The van der Waals surface area contributed by atoms with Crippen molar-refractivity contribution in [3.8, 4) is 5.75 Å². The van der Waals surface area contributed by atoms with E-state index in [1.807, 2.05) is 24.3 Å². The molecule has 27 heavy (non-hydrogen) atoms. The van der Waals surface area contributed by atoms with Crippen molar-refractivity contribution in [2.24, 2.45) is 0 Å². The second-order valence-electron chi connectivity index (χ2n) is 6.15. The molecule has 2 aromatic rings. The van der Waals surface area contributed by atoms with Crippen LogP contribution < -0.4 is 9.64 Å². The quantitative estimate of drug-likeness (QED) is 0.731. The second-order valence-corrected chi connectivity index (χ2v) is 7.16. The molecule has 0 fully saturated rings. The van der Waals surface area contributed by atoms with Gasteiger partial charge in [0, 0.05) is 24.9 Å². The van der Waals surface area contributed by atoms with E-state index in [0.29, 0.717) is 18.8 Å². The van der Waals surface area contributed by atoms with E-state index in [1.165, 1.54) is 22.7 Å². The lowest BCUT2D eigenvalue weighted by Gasteiger charge is -2.29. The highest BCUT2D eigenvalue weighted by Gasteiger charge is 2.25. The van der Waals surface area contributed by atoms with Crippen LogP contribution in [0.25, 0.3) is 0 Å². The minimum absolute atomic E-state index is 0.0111. The van der Waals surface area contributed by atoms with Crippen molar-refractivity contribution >= 4 is 29.3 Å². The van der Waals surface area contributed by atoms with E-state index in [9.17, 15) is 14.0 Å². The van der Waals surface area contributed by atoms with Gasteiger partial charge in [-0.2, -0.15) is 0 Å². The number of nitrogens with zero attached hydrogens (tertiary/aromatic N) is 2. The molecule has 0 aromatic heterocycles. The molecule has 0 radical (unpaired) electrons. The molecule has 2 amide bonds. The third kappa shape index (κ3) is 4.80. The first kappa shape index (κ1) is 19.2. The second kappa shape index (κ2) is 8.90. The van der Waals surface area contributed by atoms with Crippen molar-refractivity contribution in [3.05, 3.63) is 54.3 Å². The van der Waals surface area contributed by atoms with Gasteiger partial charge in [0.05, 0.1) is 18.0 Å². The number of thioether (sulfide) groups is 1. The van der Waals surface area contributed by atoms with Crippen LogP contribution in [0.3, 0.4) is 0 Å². The Hall–Kier alpha value is -2.54. The maximum absolute atomic E-state index is 13.5. The van der Waals surface area contributed by atoms with Crippen molar-refractivity contribution in [3.63, 3.8) is 0 Å². The number of benzene rings is 2. The number of rotatable bonds is 7. The normalized spacial score (nSPS) is 13.3. The smallest absolute Gasteiger partial charge is 0.237 e. The summed E-state index contributed by atoms with van der Waals surface area (Å²) < 4.78 is 18.9. The van der Waals surface area contributed by atoms with E-state index >= 15 is 0 Å². The summed E-state index contributed by atoms with van der Waals surface area (Å²) in [6.07, 6.45) is 0.223. The number of fused-ring (bicyclic) bond motifs is 1. The Morgan fingerprint density at radius 1 is 1.22 bits per heavy atom. The molecule has 0 saturated heterocycles. The van der Waals surface area contributed by atoms with Crippen LogP contribution >= 0.6 is 11.8 Å². The number of anilines is 1. The topological polar surface area (TPSA) is 49.9 Å². The van der Waals surface area contributed by atoms with Crippen LogP contribution in [0.2, 0.25) is 0 Å². The monoisotopic (exact) mass is 388 g/mol. The van der Waals surface area contributed by atoms with Gasteiger partial charge in [0.1, 0.15) is 6.61 Å². The Balaban J connectivity index is 1.49. The van der Waals surface area contributed by atoms with Gasteiger partial charge in [0.25, 0.3) is 0 Å². The van der Waals surface area contributed by atoms with Gasteiger partial charge in [-0.3, -0.25) is 9.59 Å². The van der Waals surface area contributed by atoms with Gasteiger partial charge in [0.2, 0.25) is 11.8 Å². The minimum Gasteiger partial charge on any atom is -0.489 e. The van der Waals surface area contributed by atoms with Crippen LogP contribution in [-0.4, -0.2) is 49.2 Å². The predicted molar refractivity (Wildman–Crippen MR) is 104 cm³/mol. The molecule has 1 heterocycles. The molecule has 5 nitrogen and oxygen atoms in total. The maximum Gasteiger partial charge on any atom is 0.237 e. The van der Waals surface area contributed by atoms with E-state index in [2.05, 4.69) is 0 Å². The molecule has 0 atom stereocenters. The van der Waals surface area contributed by atoms with Crippen molar-refractivity contribution < 1.29 is 18.7 Å². The zero-order valence-electron chi connectivity index (χ0n) is 15.1. The largest absolute Gasteiger partial charge is 0.489 e. The lowest BCUT2D eigenvalue weighted by Crippen LogP contribution is -2.39. The fraction of sp³-hybridized carbons (Fsp3) is 0.300. The molecular formula is C20H21FN2O3S. The van der Waals surface area contributed by atoms with Crippen molar-refractivity contribution in [2.75, 3.05) is 37.4 Å². The summed E-state index contributed by atoms with van der Waals surface area (Å²) in [6, 6.07) is 13.9. The number of ether oxygens (including phenoxy) is 1. The first-order valence-electron chi connectivity index (χ1n) is 8.70. The molecule has 0 N–H and O–H groups in total. The highest BCUT2D eigenvalue weighted by molar-refractivity contribution is 8.00. The number of halogens is 1. The molecular weight excluding hydrogens is 367 g/mol. The minimum atomic E-state index is -0.424. The van der Waals surface area contributed by atoms with Gasteiger partial charge in [-0.25, -0.2) is 4.39 Å². The fourth-order valence-corrected chi connectivity index (χ4v) is 3.71. The number of para-hydroxylation sites is 2. The van der Waals surface area contributed by atoms with E-state index in [-0.39, 0.29) is 30.6 Å². The molecule has 0 unspecified atom stereocenters. The lowest BCUT2D eigenvalue weighted by atomic mass is 10.2. The molecule has 1 aliphatic rings. The fourth-order valence-electron chi connectivity index (χ4n) is 2.78. The summed E-state index contributed by atoms with van der Waals surface area (Å²) in [4.78, 5) is 28.9. The zero-order valence-corrected chi connectivity index (χ0v) is 15.9. The predicted octanol–water partition coefficient (Wildman–Crippen LogP) is 3.19. The van der Waals surface area contributed by atoms with E-state index in [4.69, 9.17) is 4.74 Å². The van der Waals surface area contributed by atoms with Crippen LogP contribution in [0, 0.1) is 5.82 Å². The average Bonchev–Trinajstić information content (AvgIpc) is 2.68. The number of carbonyl (C=O) groups excluding carboxylic acids is 2. The lowest BCUT2D eigenvalue weighted by molar-refractivity contribution is -0.130. The summed E-state index contributed by atoms with van der Waals surface area (Å²) in [5.74, 6) is 0.0584. The van der Waals surface area contributed by atoms with Crippen LogP contribution in [0.1, 0.15) is 6.42 Å². The van der Waals surface area contributed by atoms with E-state index < -0.39 is 5.82 Å². The molecule has 142 valence electrons. The van der Waals surface area contributed by atoms with Crippen LogP contribution in [0.5, 0.6) is 5.75 Å². The molecule has 3 rings (SSSR count). The van der Waals surface area contributed by atoms with Crippen molar-refractivity contribution in [1.29, 1.82) is 0 Å². The van der Waals surface area contributed by atoms with Gasteiger partial charge in [-0.15, -0.1) is 11.8 Å². The Bertz CT molecular complexity index is 830. The van der Waals surface area contributed by atoms with Gasteiger partial charge in [-0.1, -0.05) is 24.3 Å². The first-order chi connectivity index (χ1) is 13.1. The number of amides is 2. The Kier molecular flexibility index (Phi) is 6.34. The highest BCUT2D eigenvalue weighted by Crippen LogP contribution is 2.34.